The Bertz CT molecular complexity index is 1560. The lowest BCUT2D eigenvalue weighted by molar-refractivity contribution is -0.133. The Morgan fingerprint density at radius 2 is 1.57 bits per heavy atom. The van der Waals surface area contributed by atoms with Gasteiger partial charge in [0, 0.05) is 31.4 Å². The number of methoxy groups -OCH3 is 1. The average molecular weight is 604 g/mol. The largest absolute Gasteiger partial charge is 0.497 e. The number of amides is 2. The number of ether oxygens (including phenoxy) is 4. The predicted octanol–water partition coefficient (Wildman–Crippen LogP) is 6.75. The van der Waals surface area contributed by atoms with Gasteiger partial charge < -0.3 is 24.3 Å². The Morgan fingerprint density at radius 1 is 0.864 bits per heavy atom. The molecule has 0 fully saturated rings. The van der Waals surface area contributed by atoms with Gasteiger partial charge in [-0.15, -0.1) is 0 Å². The molecule has 2 amide bonds. The van der Waals surface area contributed by atoms with E-state index >= 15 is 8.78 Å². The second-order valence-corrected chi connectivity index (χ2v) is 9.27. The molecule has 228 valence electrons. The fourth-order valence-corrected chi connectivity index (χ4v) is 4.03. The minimum Gasteiger partial charge on any atom is -0.497 e. The third-order valence-corrected chi connectivity index (χ3v) is 6.17. The molecule has 9 nitrogen and oxygen atoms in total. The third-order valence-electron chi connectivity index (χ3n) is 6.17. The molecule has 0 heterocycles. The molecule has 2 N–H and O–H groups in total. The number of alkyl carbamates (subject to hydrolysis) is 1. The molecular formula is C33H31F2N3O6. The van der Waals surface area contributed by atoms with E-state index in [9.17, 15) is 9.59 Å². The zero-order valence-corrected chi connectivity index (χ0v) is 24.1. The maximum atomic E-state index is 15.1. The van der Waals surface area contributed by atoms with E-state index in [1.807, 2.05) is 30.3 Å². The summed E-state index contributed by atoms with van der Waals surface area (Å²) in [7, 11) is 1.49. The number of benzene rings is 4. The lowest BCUT2D eigenvalue weighted by Crippen LogP contribution is -2.31. The molecule has 11 heteroatoms. The van der Waals surface area contributed by atoms with Crippen molar-refractivity contribution in [3.05, 3.63) is 119 Å². The molecule has 0 aliphatic carbocycles. The van der Waals surface area contributed by atoms with Crippen LogP contribution < -0.4 is 20.1 Å². The first-order valence-electron chi connectivity index (χ1n) is 13.6. The zero-order chi connectivity index (χ0) is 31.3. The number of nitrogens with one attached hydrogen (secondary N) is 2. The highest BCUT2D eigenvalue weighted by molar-refractivity contribution is 5.83. The lowest BCUT2D eigenvalue weighted by atomic mass is 10.1. The van der Waals surface area contributed by atoms with Crippen LogP contribution in [0.1, 0.15) is 29.7 Å². The minimum atomic E-state index is -1.53. The van der Waals surface area contributed by atoms with E-state index < -0.39 is 35.3 Å². The second-order valence-electron chi connectivity index (χ2n) is 9.27. The summed E-state index contributed by atoms with van der Waals surface area (Å²) in [5.41, 5.74) is 1.57. The molecule has 4 rings (SSSR count). The van der Waals surface area contributed by atoms with Crippen molar-refractivity contribution < 1.29 is 37.3 Å². The molecular weight excluding hydrogens is 572 g/mol. The Balaban J connectivity index is 1.32. The molecule has 0 saturated carbocycles. The van der Waals surface area contributed by atoms with Gasteiger partial charge in [0.1, 0.15) is 35.5 Å². The predicted molar refractivity (Wildman–Crippen MR) is 160 cm³/mol. The van der Waals surface area contributed by atoms with Gasteiger partial charge in [-0.05, 0) is 42.3 Å². The average Bonchev–Trinajstić information content (AvgIpc) is 3.03. The Hall–Kier alpha value is -5.29. The van der Waals surface area contributed by atoms with Crippen LogP contribution in [0.15, 0.2) is 96.0 Å². The SMILES string of the molecule is CCOC(C(=O)NCc1ccc(/N=C/NC(=O)OCc2ccccc2)cc1)c1c(F)cc(Oc2cccc(OC)c2)cc1F. The highest BCUT2D eigenvalue weighted by atomic mass is 19.1. The Labute approximate surface area is 253 Å². The van der Waals surface area contributed by atoms with Gasteiger partial charge in [-0.2, -0.15) is 0 Å². The van der Waals surface area contributed by atoms with Crippen molar-refractivity contribution in [3.63, 3.8) is 0 Å². The summed E-state index contributed by atoms with van der Waals surface area (Å²) in [6.45, 7) is 1.86. The molecule has 4 aromatic carbocycles. The maximum Gasteiger partial charge on any atom is 0.412 e. The molecule has 0 aliphatic heterocycles. The molecule has 0 radical (unpaired) electrons. The number of hydrogen-bond donors (Lipinski definition) is 2. The van der Waals surface area contributed by atoms with Crippen LogP contribution in [0.5, 0.6) is 17.2 Å². The van der Waals surface area contributed by atoms with E-state index in [-0.39, 0.29) is 25.5 Å². The molecule has 0 aliphatic rings. The van der Waals surface area contributed by atoms with Gasteiger partial charge in [0.25, 0.3) is 5.91 Å². The molecule has 1 unspecified atom stereocenters. The minimum absolute atomic E-state index is 0.0412. The Kier molecular flexibility index (Phi) is 11.4. The van der Waals surface area contributed by atoms with Crippen LogP contribution >= 0.6 is 0 Å². The molecule has 1 atom stereocenters. The fraction of sp³-hybridized carbons (Fsp3) is 0.182. The van der Waals surface area contributed by atoms with Crippen molar-refractivity contribution in [3.8, 4) is 17.2 Å². The summed E-state index contributed by atoms with van der Waals surface area (Å²) in [4.78, 5) is 29.0. The van der Waals surface area contributed by atoms with Crippen LogP contribution in [0.25, 0.3) is 0 Å². The number of carbonyl (C=O) groups is 2. The molecule has 0 spiro atoms. The number of hydrogen-bond acceptors (Lipinski definition) is 7. The van der Waals surface area contributed by atoms with Crippen molar-refractivity contribution in [2.45, 2.75) is 26.2 Å². The van der Waals surface area contributed by atoms with Gasteiger partial charge in [-0.1, -0.05) is 48.5 Å². The third kappa shape index (κ3) is 9.10. The molecule has 44 heavy (non-hydrogen) atoms. The van der Waals surface area contributed by atoms with Crippen LogP contribution in [0.2, 0.25) is 0 Å². The van der Waals surface area contributed by atoms with Gasteiger partial charge in [-0.25, -0.2) is 18.6 Å². The van der Waals surface area contributed by atoms with Crippen LogP contribution in [-0.4, -0.2) is 32.1 Å². The monoisotopic (exact) mass is 603 g/mol. The van der Waals surface area contributed by atoms with Crippen LogP contribution in [0.3, 0.4) is 0 Å². The van der Waals surface area contributed by atoms with Gasteiger partial charge in [0.2, 0.25) is 0 Å². The highest BCUT2D eigenvalue weighted by Crippen LogP contribution is 2.31. The summed E-state index contributed by atoms with van der Waals surface area (Å²) >= 11 is 0. The van der Waals surface area contributed by atoms with E-state index in [0.29, 0.717) is 22.7 Å². The first-order valence-corrected chi connectivity index (χ1v) is 13.6. The quantitative estimate of drug-likeness (QED) is 0.129. The molecule has 0 aromatic heterocycles. The van der Waals surface area contributed by atoms with Crippen molar-refractivity contribution in [1.29, 1.82) is 0 Å². The van der Waals surface area contributed by atoms with E-state index in [2.05, 4.69) is 15.6 Å². The zero-order valence-electron chi connectivity index (χ0n) is 24.1. The van der Waals surface area contributed by atoms with Crippen molar-refractivity contribution >= 4 is 24.0 Å². The number of nitrogens with zero attached hydrogens (tertiary/aromatic N) is 1. The van der Waals surface area contributed by atoms with Crippen LogP contribution in [0, 0.1) is 11.6 Å². The van der Waals surface area contributed by atoms with Crippen molar-refractivity contribution in [1.82, 2.24) is 10.6 Å². The smallest absolute Gasteiger partial charge is 0.412 e. The summed E-state index contributed by atoms with van der Waals surface area (Å²) in [5.74, 6) is -1.94. The first kappa shape index (κ1) is 31.6. The van der Waals surface area contributed by atoms with E-state index in [0.717, 1.165) is 17.7 Å². The first-order chi connectivity index (χ1) is 21.4. The normalized spacial score (nSPS) is 11.5. The lowest BCUT2D eigenvalue weighted by Gasteiger charge is -2.19. The summed E-state index contributed by atoms with van der Waals surface area (Å²) < 4.78 is 51.5. The fourth-order valence-electron chi connectivity index (χ4n) is 4.03. The second kappa shape index (κ2) is 15.8. The van der Waals surface area contributed by atoms with Gasteiger partial charge in [0.15, 0.2) is 6.10 Å². The van der Waals surface area contributed by atoms with Crippen LogP contribution in [-0.2, 0) is 27.4 Å². The highest BCUT2D eigenvalue weighted by Gasteiger charge is 2.28. The maximum absolute atomic E-state index is 15.1. The summed E-state index contributed by atoms with van der Waals surface area (Å²) in [5, 5.41) is 5.08. The topological polar surface area (TPSA) is 107 Å². The van der Waals surface area contributed by atoms with Crippen molar-refractivity contribution in [2.75, 3.05) is 13.7 Å². The van der Waals surface area contributed by atoms with Gasteiger partial charge in [0.05, 0.1) is 24.7 Å². The van der Waals surface area contributed by atoms with E-state index in [1.54, 1.807) is 55.5 Å². The summed E-state index contributed by atoms with van der Waals surface area (Å²) in [6.07, 6.45) is -0.956. The molecule has 0 bridgehead atoms. The van der Waals surface area contributed by atoms with Crippen LogP contribution in [0.4, 0.5) is 19.3 Å². The number of aliphatic imine (C=N–C) groups is 1. The van der Waals surface area contributed by atoms with E-state index in [4.69, 9.17) is 18.9 Å². The Morgan fingerprint density at radius 3 is 2.25 bits per heavy atom. The standard InChI is InChI=1S/C33H31F2N3O6/c1-3-42-31(30-28(34)17-27(18-29(30)35)44-26-11-7-10-25(16-26)41-2)32(39)36-19-22-12-14-24(15-13-22)37-21-38-33(40)43-20-23-8-5-4-6-9-23/h4-18,21,31H,3,19-20H2,1-2H3,(H,36,39)(H,37,38,40). The number of carbonyl (C=O) groups excluding carboxylic acids is 2. The van der Waals surface area contributed by atoms with Crippen molar-refractivity contribution in [2.24, 2.45) is 4.99 Å². The van der Waals surface area contributed by atoms with Gasteiger partial charge >= 0.3 is 6.09 Å². The van der Waals surface area contributed by atoms with E-state index in [1.165, 1.54) is 13.4 Å². The summed E-state index contributed by atoms with van der Waals surface area (Å²) in [6, 6.07) is 24.6. The molecule has 0 saturated heterocycles. The number of halogens is 2. The number of rotatable bonds is 13. The molecule has 4 aromatic rings. The van der Waals surface area contributed by atoms with Gasteiger partial charge in [-0.3, -0.25) is 10.1 Å².